The quantitative estimate of drug-likeness (QED) is 0.732. The maximum absolute atomic E-state index is 13.4. The lowest BCUT2D eigenvalue weighted by Gasteiger charge is -2.39. The predicted octanol–water partition coefficient (Wildman–Crippen LogP) is 4.87. The van der Waals surface area contributed by atoms with Gasteiger partial charge in [0.15, 0.2) is 0 Å². The van der Waals surface area contributed by atoms with E-state index in [9.17, 15) is 9.59 Å². The number of halogens is 1. The number of amides is 2. The van der Waals surface area contributed by atoms with E-state index in [1.807, 2.05) is 63.8 Å². The third-order valence-electron chi connectivity index (χ3n) is 4.56. The summed E-state index contributed by atoms with van der Waals surface area (Å²) in [6.45, 7) is 10.5. The molecular weight excluding hydrogens is 364 g/mol. The summed E-state index contributed by atoms with van der Waals surface area (Å²) in [5, 5.41) is 0.650. The predicted molar refractivity (Wildman–Crippen MR) is 108 cm³/mol. The van der Waals surface area contributed by atoms with Crippen molar-refractivity contribution >= 4 is 23.6 Å². The van der Waals surface area contributed by atoms with Crippen molar-refractivity contribution in [3.05, 3.63) is 34.9 Å². The summed E-state index contributed by atoms with van der Waals surface area (Å²) in [5.41, 5.74) is 0.393. The molecule has 1 aromatic rings. The number of rotatable bonds is 4. The minimum absolute atomic E-state index is 0.0129. The SMILES string of the molecule is CC(C)N(Cc1cccc(Cl)c1)C(=O)[C@H]1CCCCN1C(=O)OC(C)(C)C. The molecule has 0 aromatic heterocycles. The Morgan fingerprint density at radius 3 is 2.59 bits per heavy atom. The Morgan fingerprint density at radius 1 is 1.30 bits per heavy atom. The first-order valence-electron chi connectivity index (χ1n) is 9.63. The second-order valence-corrected chi connectivity index (χ2v) is 8.81. The van der Waals surface area contributed by atoms with Crippen LogP contribution in [0.1, 0.15) is 59.4 Å². The van der Waals surface area contributed by atoms with Gasteiger partial charge in [-0.2, -0.15) is 0 Å². The largest absolute Gasteiger partial charge is 0.444 e. The number of hydrogen-bond donors (Lipinski definition) is 0. The molecule has 1 aromatic carbocycles. The summed E-state index contributed by atoms with van der Waals surface area (Å²) in [6, 6.07) is 7.07. The Bertz CT molecular complexity index is 670. The molecule has 0 aliphatic carbocycles. The van der Waals surface area contributed by atoms with Gasteiger partial charge >= 0.3 is 6.09 Å². The minimum Gasteiger partial charge on any atom is -0.444 e. The van der Waals surface area contributed by atoms with E-state index in [0.717, 1.165) is 18.4 Å². The first kappa shape index (κ1) is 21.5. The van der Waals surface area contributed by atoms with E-state index < -0.39 is 17.7 Å². The Balaban J connectivity index is 2.19. The molecule has 0 unspecified atom stereocenters. The molecule has 5 nitrogen and oxygen atoms in total. The van der Waals surface area contributed by atoms with Crippen molar-refractivity contribution in [1.82, 2.24) is 9.80 Å². The Labute approximate surface area is 167 Å². The fourth-order valence-electron chi connectivity index (χ4n) is 3.27. The van der Waals surface area contributed by atoms with Crippen molar-refractivity contribution in [3.63, 3.8) is 0 Å². The lowest BCUT2D eigenvalue weighted by molar-refractivity contribution is -0.140. The molecule has 0 bridgehead atoms. The number of nitrogens with zero attached hydrogens (tertiary/aromatic N) is 2. The molecule has 2 rings (SSSR count). The minimum atomic E-state index is -0.583. The maximum atomic E-state index is 13.4. The van der Waals surface area contributed by atoms with Crippen LogP contribution in [-0.2, 0) is 16.1 Å². The van der Waals surface area contributed by atoms with E-state index in [4.69, 9.17) is 16.3 Å². The van der Waals surface area contributed by atoms with Crippen molar-refractivity contribution in [2.45, 2.75) is 78.1 Å². The molecule has 2 amide bonds. The number of piperidine rings is 1. The fourth-order valence-corrected chi connectivity index (χ4v) is 3.48. The summed E-state index contributed by atoms with van der Waals surface area (Å²) in [7, 11) is 0. The summed E-state index contributed by atoms with van der Waals surface area (Å²) >= 11 is 6.09. The van der Waals surface area contributed by atoms with Crippen LogP contribution >= 0.6 is 11.6 Å². The summed E-state index contributed by atoms with van der Waals surface area (Å²) < 4.78 is 5.53. The number of ether oxygens (including phenoxy) is 1. The maximum Gasteiger partial charge on any atom is 0.410 e. The van der Waals surface area contributed by atoms with Crippen LogP contribution in [0.15, 0.2) is 24.3 Å². The molecule has 150 valence electrons. The monoisotopic (exact) mass is 394 g/mol. The van der Waals surface area contributed by atoms with Gasteiger partial charge in [0.2, 0.25) is 5.91 Å². The third-order valence-corrected chi connectivity index (χ3v) is 4.80. The molecule has 0 spiro atoms. The van der Waals surface area contributed by atoms with Gasteiger partial charge in [0.05, 0.1) is 0 Å². The van der Waals surface area contributed by atoms with Crippen LogP contribution in [0.2, 0.25) is 5.02 Å². The lowest BCUT2D eigenvalue weighted by Crippen LogP contribution is -2.55. The van der Waals surface area contributed by atoms with Gasteiger partial charge in [-0.15, -0.1) is 0 Å². The zero-order chi connectivity index (χ0) is 20.2. The number of benzene rings is 1. The van der Waals surface area contributed by atoms with Gasteiger partial charge < -0.3 is 9.64 Å². The average Bonchev–Trinajstić information content (AvgIpc) is 2.57. The summed E-state index contributed by atoms with van der Waals surface area (Å²) in [5.74, 6) is -0.0319. The number of carbonyl (C=O) groups excluding carboxylic acids is 2. The van der Waals surface area contributed by atoms with Crippen molar-refractivity contribution < 1.29 is 14.3 Å². The van der Waals surface area contributed by atoms with Crippen molar-refractivity contribution in [1.29, 1.82) is 0 Å². The first-order chi connectivity index (χ1) is 12.6. The molecule has 0 radical (unpaired) electrons. The van der Waals surface area contributed by atoms with E-state index in [0.29, 0.717) is 24.5 Å². The highest BCUT2D eigenvalue weighted by molar-refractivity contribution is 6.30. The zero-order valence-corrected chi connectivity index (χ0v) is 17.8. The van der Waals surface area contributed by atoms with E-state index >= 15 is 0 Å². The highest BCUT2D eigenvalue weighted by atomic mass is 35.5. The molecule has 1 fully saturated rings. The van der Waals surface area contributed by atoms with Crippen molar-refractivity contribution in [2.24, 2.45) is 0 Å². The second-order valence-electron chi connectivity index (χ2n) is 8.38. The van der Waals surface area contributed by atoms with Crippen LogP contribution in [0.25, 0.3) is 0 Å². The first-order valence-corrected chi connectivity index (χ1v) is 10.0. The van der Waals surface area contributed by atoms with E-state index in [2.05, 4.69) is 0 Å². The van der Waals surface area contributed by atoms with Gasteiger partial charge in [-0.3, -0.25) is 9.69 Å². The number of likely N-dealkylation sites (tertiary alicyclic amines) is 1. The molecule has 1 saturated heterocycles. The summed E-state index contributed by atoms with van der Waals surface area (Å²) in [4.78, 5) is 29.4. The third kappa shape index (κ3) is 6.13. The molecule has 1 atom stereocenters. The second kappa shape index (κ2) is 8.96. The van der Waals surface area contributed by atoms with Gasteiger partial charge in [-0.25, -0.2) is 4.79 Å². The van der Waals surface area contributed by atoms with Gasteiger partial charge in [-0.1, -0.05) is 23.7 Å². The van der Waals surface area contributed by atoms with Crippen molar-refractivity contribution in [2.75, 3.05) is 6.54 Å². The molecule has 1 heterocycles. The topological polar surface area (TPSA) is 49.9 Å². The molecule has 0 saturated carbocycles. The number of carbonyl (C=O) groups is 2. The van der Waals surface area contributed by atoms with Gasteiger partial charge in [0, 0.05) is 24.2 Å². The Morgan fingerprint density at radius 2 is 2.00 bits per heavy atom. The van der Waals surface area contributed by atoms with E-state index in [-0.39, 0.29) is 11.9 Å². The molecular formula is C21H31ClN2O3. The smallest absolute Gasteiger partial charge is 0.410 e. The molecule has 0 N–H and O–H groups in total. The van der Waals surface area contributed by atoms with Crippen LogP contribution in [0.4, 0.5) is 4.79 Å². The van der Waals surface area contributed by atoms with Gasteiger partial charge in [0.1, 0.15) is 11.6 Å². The lowest BCUT2D eigenvalue weighted by atomic mass is 10.0. The standard InChI is InChI=1S/C21H31ClN2O3/c1-15(2)24(14-16-9-8-10-17(22)13-16)19(25)18-11-6-7-12-23(18)20(26)27-21(3,4)5/h8-10,13,15,18H,6-7,11-12,14H2,1-5H3/t18-/m1/s1. The average molecular weight is 395 g/mol. The highest BCUT2D eigenvalue weighted by Gasteiger charge is 2.37. The zero-order valence-electron chi connectivity index (χ0n) is 17.0. The molecule has 1 aliphatic rings. The Kier molecular flexibility index (Phi) is 7.15. The van der Waals surface area contributed by atoms with Crippen LogP contribution in [0, 0.1) is 0 Å². The van der Waals surface area contributed by atoms with Gasteiger partial charge in [0.25, 0.3) is 0 Å². The fraction of sp³-hybridized carbons (Fsp3) is 0.619. The van der Waals surface area contributed by atoms with Crippen molar-refractivity contribution in [3.8, 4) is 0 Å². The molecule has 6 heteroatoms. The van der Waals surface area contributed by atoms with Crippen LogP contribution in [0.5, 0.6) is 0 Å². The van der Waals surface area contributed by atoms with Crippen LogP contribution in [0.3, 0.4) is 0 Å². The van der Waals surface area contributed by atoms with Crippen LogP contribution in [-0.4, -0.2) is 46.0 Å². The van der Waals surface area contributed by atoms with Gasteiger partial charge in [-0.05, 0) is 71.6 Å². The molecule has 1 aliphatic heterocycles. The van der Waals surface area contributed by atoms with E-state index in [1.165, 1.54) is 0 Å². The van der Waals surface area contributed by atoms with E-state index in [1.54, 1.807) is 4.90 Å². The van der Waals surface area contributed by atoms with Crippen LogP contribution < -0.4 is 0 Å². The molecule has 27 heavy (non-hydrogen) atoms. The Hall–Kier alpha value is -1.75. The number of hydrogen-bond acceptors (Lipinski definition) is 3. The normalized spacial score (nSPS) is 17.7. The highest BCUT2D eigenvalue weighted by Crippen LogP contribution is 2.24. The summed E-state index contributed by atoms with van der Waals surface area (Å²) in [6.07, 6.45) is 2.07.